The summed E-state index contributed by atoms with van der Waals surface area (Å²) in [6.45, 7) is 4.13. The molecule has 0 aromatic heterocycles. The van der Waals surface area contributed by atoms with Gasteiger partial charge in [0.05, 0.1) is 0 Å². The van der Waals surface area contributed by atoms with Crippen molar-refractivity contribution in [2.75, 3.05) is 0 Å². The molecule has 3 rings (SSSR count). The highest BCUT2D eigenvalue weighted by Crippen LogP contribution is 2.57. The van der Waals surface area contributed by atoms with Crippen molar-refractivity contribution in [3.8, 4) is 0 Å². The summed E-state index contributed by atoms with van der Waals surface area (Å²) in [6.07, 6.45) is 5.21. The average Bonchev–Trinajstić information content (AvgIpc) is 2.47. The number of ketones is 1. The van der Waals surface area contributed by atoms with Crippen LogP contribution in [0.25, 0.3) is 0 Å². The van der Waals surface area contributed by atoms with Gasteiger partial charge in [0.2, 0.25) is 5.91 Å². The van der Waals surface area contributed by atoms with Crippen molar-refractivity contribution in [2.45, 2.75) is 70.8 Å². The molecule has 2 N–H and O–H groups in total. The molecule has 0 bridgehead atoms. The number of carbonyl (C=O) groups is 3. The number of carboxylic acid groups (broad SMARTS) is 1. The van der Waals surface area contributed by atoms with Gasteiger partial charge in [0.25, 0.3) is 0 Å². The van der Waals surface area contributed by atoms with E-state index >= 15 is 0 Å². The Balaban J connectivity index is 1.86. The Labute approximate surface area is 137 Å². The Morgan fingerprint density at radius 2 is 1.91 bits per heavy atom. The van der Waals surface area contributed by atoms with E-state index in [-0.39, 0.29) is 29.6 Å². The van der Waals surface area contributed by atoms with E-state index in [4.69, 9.17) is 5.11 Å². The third kappa shape index (κ3) is 2.68. The highest BCUT2D eigenvalue weighted by molar-refractivity contribution is 5.86. The molecule has 0 unspecified atom stereocenters. The van der Waals surface area contributed by atoms with Crippen molar-refractivity contribution in [1.82, 2.24) is 5.32 Å². The first kappa shape index (κ1) is 16.5. The van der Waals surface area contributed by atoms with Crippen LogP contribution in [-0.4, -0.2) is 28.3 Å². The van der Waals surface area contributed by atoms with Crippen LogP contribution < -0.4 is 5.32 Å². The van der Waals surface area contributed by atoms with Crippen LogP contribution in [0.2, 0.25) is 0 Å². The number of hydrogen-bond acceptors (Lipinski definition) is 3. The quantitative estimate of drug-likeness (QED) is 0.836. The van der Waals surface area contributed by atoms with Crippen molar-refractivity contribution < 1.29 is 19.5 Å². The van der Waals surface area contributed by atoms with Crippen molar-refractivity contribution >= 4 is 17.7 Å². The zero-order valence-corrected chi connectivity index (χ0v) is 14.1. The smallest absolute Gasteiger partial charge is 0.303 e. The Hall–Kier alpha value is -1.39. The summed E-state index contributed by atoms with van der Waals surface area (Å²) in [6, 6.07) is 0. The number of carbonyl (C=O) groups excluding carboxylic acids is 2. The van der Waals surface area contributed by atoms with Gasteiger partial charge < -0.3 is 10.4 Å². The van der Waals surface area contributed by atoms with E-state index < -0.39 is 11.4 Å². The summed E-state index contributed by atoms with van der Waals surface area (Å²) in [4.78, 5) is 35.4. The lowest BCUT2D eigenvalue weighted by Crippen LogP contribution is -2.63. The number of carboxylic acids is 1. The molecule has 2 saturated carbocycles. The van der Waals surface area contributed by atoms with Crippen molar-refractivity contribution in [1.29, 1.82) is 0 Å². The minimum atomic E-state index is -0.827. The molecule has 5 nitrogen and oxygen atoms in total. The molecule has 1 amide bonds. The molecule has 0 aromatic carbocycles. The lowest BCUT2D eigenvalue weighted by atomic mass is 9.49. The molecule has 5 atom stereocenters. The molecular weight excluding hydrogens is 294 g/mol. The Bertz CT molecular complexity index is 545. The number of aliphatic carboxylic acids is 1. The van der Waals surface area contributed by atoms with Crippen LogP contribution in [0.4, 0.5) is 0 Å². The number of piperidine rings is 1. The molecule has 2 aliphatic carbocycles. The maximum absolute atomic E-state index is 12.6. The second-order valence-electron chi connectivity index (χ2n) is 8.19. The number of Topliss-reactive ketones (excluding diaryl/α,β-unsaturated/α-hetero) is 1. The summed E-state index contributed by atoms with van der Waals surface area (Å²) >= 11 is 0. The zero-order valence-electron chi connectivity index (χ0n) is 14.1. The van der Waals surface area contributed by atoms with Crippen molar-refractivity contribution in [3.05, 3.63) is 0 Å². The maximum Gasteiger partial charge on any atom is 0.303 e. The third-order valence-electron chi connectivity index (χ3n) is 6.95. The van der Waals surface area contributed by atoms with Gasteiger partial charge in [0.1, 0.15) is 5.78 Å². The molecule has 1 aliphatic heterocycles. The second-order valence-corrected chi connectivity index (χ2v) is 8.19. The molecule has 5 heteroatoms. The van der Waals surface area contributed by atoms with E-state index in [0.29, 0.717) is 31.1 Å². The molecule has 23 heavy (non-hydrogen) atoms. The maximum atomic E-state index is 12.6. The average molecular weight is 321 g/mol. The predicted molar refractivity (Wildman–Crippen MR) is 84.7 cm³/mol. The monoisotopic (exact) mass is 321 g/mol. The molecule has 1 heterocycles. The van der Waals surface area contributed by atoms with E-state index in [2.05, 4.69) is 12.2 Å². The Morgan fingerprint density at radius 3 is 2.61 bits per heavy atom. The first-order chi connectivity index (χ1) is 10.8. The number of rotatable bonds is 3. The lowest BCUT2D eigenvalue weighted by molar-refractivity contribution is -0.150. The van der Waals surface area contributed by atoms with Crippen LogP contribution in [0.3, 0.4) is 0 Å². The molecule has 3 aliphatic rings. The number of nitrogens with one attached hydrogen (secondary N) is 1. The third-order valence-corrected chi connectivity index (χ3v) is 6.95. The lowest BCUT2D eigenvalue weighted by Gasteiger charge is -2.58. The summed E-state index contributed by atoms with van der Waals surface area (Å²) < 4.78 is 0. The first-order valence-corrected chi connectivity index (χ1v) is 8.82. The molecule has 0 aromatic rings. The number of amides is 1. The highest BCUT2D eigenvalue weighted by Gasteiger charge is 2.56. The first-order valence-electron chi connectivity index (χ1n) is 8.82. The number of hydrogen-bond donors (Lipinski definition) is 2. The topological polar surface area (TPSA) is 83.5 Å². The van der Waals surface area contributed by atoms with Crippen molar-refractivity contribution in [3.63, 3.8) is 0 Å². The molecule has 3 fully saturated rings. The standard InChI is InChI=1S/C18H27NO4/c1-17(9-8-16(22)23)12-7-10-18(2)13(4-6-15(21)19-18)11(12)3-5-14(17)20/h11-13H,3-10H2,1-2H3,(H,19,21)(H,22,23)/t11-,12+,13+,17-,18+/m1/s1. The van der Waals surface area contributed by atoms with Gasteiger partial charge >= 0.3 is 5.97 Å². The van der Waals surface area contributed by atoms with Gasteiger partial charge in [0.15, 0.2) is 0 Å². The van der Waals surface area contributed by atoms with Gasteiger partial charge in [-0.25, -0.2) is 0 Å². The second kappa shape index (κ2) is 5.60. The molecular formula is C18H27NO4. The van der Waals surface area contributed by atoms with Gasteiger partial charge in [0, 0.05) is 30.2 Å². The predicted octanol–water partition coefficient (Wildman–Crippen LogP) is 2.53. The molecule has 1 saturated heterocycles. The minimum Gasteiger partial charge on any atom is -0.481 e. The van der Waals surface area contributed by atoms with Crippen LogP contribution in [0.1, 0.15) is 65.2 Å². The fourth-order valence-corrected chi connectivity index (χ4v) is 5.64. The molecule has 0 radical (unpaired) electrons. The Kier molecular flexibility index (Phi) is 4.01. The highest BCUT2D eigenvalue weighted by atomic mass is 16.4. The van der Waals surface area contributed by atoms with Crippen LogP contribution in [0.15, 0.2) is 0 Å². The molecule has 128 valence electrons. The summed E-state index contributed by atoms with van der Waals surface area (Å²) in [7, 11) is 0. The van der Waals surface area contributed by atoms with Gasteiger partial charge in [-0.15, -0.1) is 0 Å². The van der Waals surface area contributed by atoms with E-state index in [1.165, 1.54) is 0 Å². The zero-order chi connectivity index (χ0) is 16.8. The van der Waals surface area contributed by atoms with Gasteiger partial charge in [-0.2, -0.15) is 0 Å². The summed E-state index contributed by atoms with van der Waals surface area (Å²) in [5.41, 5.74) is -0.658. The van der Waals surface area contributed by atoms with Crippen LogP contribution in [-0.2, 0) is 14.4 Å². The Morgan fingerprint density at radius 1 is 1.17 bits per heavy atom. The van der Waals surface area contributed by atoms with Crippen LogP contribution in [0, 0.1) is 23.2 Å². The van der Waals surface area contributed by atoms with E-state index in [9.17, 15) is 14.4 Å². The summed E-state index contributed by atoms with van der Waals surface area (Å²) in [5.74, 6) is 0.649. The van der Waals surface area contributed by atoms with E-state index in [1.807, 2.05) is 6.92 Å². The fraction of sp³-hybridized carbons (Fsp3) is 0.833. The van der Waals surface area contributed by atoms with E-state index in [1.54, 1.807) is 0 Å². The SMILES string of the molecule is C[C@]1(CCC(=O)O)C(=O)CC[C@@H]2[C@@H]1CC[C@]1(C)NC(=O)CC[C@@H]21. The van der Waals surface area contributed by atoms with Gasteiger partial charge in [-0.05, 0) is 56.8 Å². The van der Waals surface area contributed by atoms with Crippen LogP contribution in [0.5, 0.6) is 0 Å². The molecule has 0 spiro atoms. The normalized spacial score (nSPS) is 43.3. The van der Waals surface area contributed by atoms with Crippen molar-refractivity contribution in [2.24, 2.45) is 23.2 Å². The van der Waals surface area contributed by atoms with Gasteiger partial charge in [-0.3, -0.25) is 14.4 Å². The summed E-state index contributed by atoms with van der Waals surface area (Å²) in [5, 5.41) is 12.2. The fourth-order valence-electron chi connectivity index (χ4n) is 5.64. The minimum absolute atomic E-state index is 0.0597. The van der Waals surface area contributed by atoms with E-state index in [0.717, 1.165) is 25.7 Å². The van der Waals surface area contributed by atoms with Crippen LogP contribution >= 0.6 is 0 Å². The van der Waals surface area contributed by atoms with Gasteiger partial charge in [-0.1, -0.05) is 6.92 Å². The number of fused-ring (bicyclic) bond motifs is 3. The largest absolute Gasteiger partial charge is 0.481 e.